The van der Waals surface area contributed by atoms with Crippen LogP contribution in [0.2, 0.25) is 0 Å². The van der Waals surface area contributed by atoms with Crippen molar-refractivity contribution in [3.8, 4) is 11.3 Å². The van der Waals surface area contributed by atoms with E-state index in [0.29, 0.717) is 38.2 Å². The Morgan fingerprint density at radius 3 is 2.68 bits per heavy atom. The van der Waals surface area contributed by atoms with Crippen LogP contribution in [0.3, 0.4) is 0 Å². The summed E-state index contributed by atoms with van der Waals surface area (Å²) < 4.78 is 68.4. The predicted molar refractivity (Wildman–Crippen MR) is 127 cm³/mol. The number of nitrogens with zero attached hydrogens (tertiary/aromatic N) is 5. The molecule has 4 N–H and O–H groups in total. The maximum atomic E-state index is 13.3. The lowest BCUT2D eigenvalue weighted by Crippen LogP contribution is -2.37. The quantitative estimate of drug-likeness (QED) is 0.464. The zero-order valence-electron chi connectivity index (χ0n) is 19.6. The Hall–Kier alpha value is -3.72. The molecule has 2 amide bonds. The standard InChI is InChI=1S/C22H23F3N8O3S/c1-27-37(35,36)16-3-2-6-28-19(16)30-20(34)32-7-4-21(12-32)5-8-33-17(21)10-15(31-33)13-9-14(22(23,24)25)18(26)29-11-13/h2-3,6,9-11,27H,4-5,7-8,12H2,1H3,(H2,26,29)(H,28,30,34)/t21-/m1/s1. The minimum Gasteiger partial charge on any atom is -0.383 e. The molecule has 2 aliphatic rings. The fourth-order valence-corrected chi connectivity index (χ4v) is 5.73. The molecule has 5 heterocycles. The molecule has 15 heteroatoms. The van der Waals surface area contributed by atoms with Gasteiger partial charge in [0.2, 0.25) is 10.0 Å². The Balaban J connectivity index is 1.37. The third-order valence-electron chi connectivity index (χ3n) is 6.84. The summed E-state index contributed by atoms with van der Waals surface area (Å²) in [6, 6.07) is 4.96. The first-order chi connectivity index (χ1) is 17.4. The highest BCUT2D eigenvalue weighted by Crippen LogP contribution is 2.44. The molecular weight excluding hydrogens is 513 g/mol. The lowest BCUT2D eigenvalue weighted by atomic mass is 9.82. The highest BCUT2D eigenvalue weighted by atomic mass is 32.2. The number of aryl methyl sites for hydroxylation is 1. The van der Waals surface area contributed by atoms with Gasteiger partial charge in [0, 0.05) is 48.7 Å². The summed E-state index contributed by atoms with van der Waals surface area (Å²) in [7, 11) is -2.58. The van der Waals surface area contributed by atoms with Crippen molar-refractivity contribution in [1.82, 2.24) is 29.4 Å². The minimum atomic E-state index is -4.64. The lowest BCUT2D eigenvalue weighted by molar-refractivity contribution is -0.137. The van der Waals surface area contributed by atoms with E-state index in [0.717, 1.165) is 11.8 Å². The molecule has 2 aliphatic heterocycles. The van der Waals surface area contributed by atoms with Crippen molar-refractivity contribution in [2.45, 2.75) is 35.9 Å². The number of likely N-dealkylation sites (tertiary alicyclic amines) is 1. The van der Waals surface area contributed by atoms with E-state index in [1.54, 1.807) is 15.6 Å². The number of carbonyl (C=O) groups excluding carboxylic acids is 1. The Morgan fingerprint density at radius 1 is 1.19 bits per heavy atom. The van der Waals surface area contributed by atoms with Crippen LogP contribution in [-0.4, -0.2) is 59.2 Å². The fraction of sp³-hybridized carbons (Fsp3) is 0.364. The largest absolute Gasteiger partial charge is 0.419 e. The van der Waals surface area contributed by atoms with E-state index in [4.69, 9.17) is 5.73 Å². The number of amides is 2. The molecule has 0 bridgehead atoms. The van der Waals surface area contributed by atoms with E-state index in [1.165, 1.54) is 31.6 Å². The van der Waals surface area contributed by atoms with E-state index >= 15 is 0 Å². The molecule has 1 fully saturated rings. The highest BCUT2D eigenvalue weighted by molar-refractivity contribution is 7.89. The first-order valence-electron chi connectivity index (χ1n) is 11.3. The van der Waals surface area contributed by atoms with Crippen LogP contribution in [0, 0.1) is 0 Å². The number of sulfonamides is 1. The Labute approximate surface area is 209 Å². The number of carbonyl (C=O) groups is 1. The van der Waals surface area contributed by atoms with Gasteiger partial charge in [0.05, 0.1) is 11.3 Å². The van der Waals surface area contributed by atoms with Crippen molar-refractivity contribution in [2.75, 3.05) is 31.2 Å². The number of anilines is 2. The molecule has 0 saturated carbocycles. The molecule has 3 aromatic rings. The molecule has 0 aliphatic carbocycles. The number of nitrogens with two attached hydrogens (primary N) is 1. The van der Waals surface area contributed by atoms with Gasteiger partial charge in [-0.25, -0.2) is 27.9 Å². The van der Waals surface area contributed by atoms with E-state index < -0.39 is 39.0 Å². The monoisotopic (exact) mass is 536 g/mol. The molecule has 0 aromatic carbocycles. The van der Waals surface area contributed by atoms with E-state index in [1.807, 2.05) is 0 Å². The number of nitrogen functional groups attached to an aromatic ring is 1. The summed E-state index contributed by atoms with van der Waals surface area (Å²) in [4.78, 5) is 22.2. The summed E-state index contributed by atoms with van der Waals surface area (Å²) in [5, 5.41) is 7.07. The molecule has 0 unspecified atom stereocenters. The van der Waals surface area contributed by atoms with Crippen molar-refractivity contribution in [3.05, 3.63) is 47.9 Å². The van der Waals surface area contributed by atoms with Gasteiger partial charge in [0.15, 0.2) is 5.82 Å². The van der Waals surface area contributed by atoms with E-state index in [-0.39, 0.29) is 16.3 Å². The van der Waals surface area contributed by atoms with Crippen molar-refractivity contribution in [3.63, 3.8) is 0 Å². The number of fused-ring (bicyclic) bond motifs is 2. The topological polar surface area (TPSA) is 148 Å². The normalized spacial score (nSPS) is 19.4. The molecule has 1 atom stereocenters. The third-order valence-corrected chi connectivity index (χ3v) is 8.29. The SMILES string of the molecule is CNS(=O)(=O)c1cccnc1NC(=O)N1CC[C@@]2(CCn3nc(-c4cnc(N)c(C(F)(F)F)c4)cc32)C1. The molecule has 1 spiro atoms. The van der Waals surface area contributed by atoms with Gasteiger partial charge in [-0.2, -0.15) is 18.3 Å². The first-order valence-corrected chi connectivity index (χ1v) is 12.8. The molecule has 5 rings (SSSR count). The zero-order valence-corrected chi connectivity index (χ0v) is 20.4. The summed E-state index contributed by atoms with van der Waals surface area (Å²) in [5.74, 6) is -0.687. The number of alkyl halides is 3. The maximum absolute atomic E-state index is 13.3. The number of aromatic nitrogens is 4. The van der Waals surface area contributed by atoms with Crippen LogP contribution in [0.1, 0.15) is 24.1 Å². The molecule has 37 heavy (non-hydrogen) atoms. The summed E-state index contributed by atoms with van der Waals surface area (Å²) >= 11 is 0. The fourth-order valence-electron chi connectivity index (χ4n) is 4.90. The second-order valence-corrected chi connectivity index (χ2v) is 10.8. The van der Waals surface area contributed by atoms with Gasteiger partial charge in [-0.15, -0.1) is 0 Å². The summed E-state index contributed by atoms with van der Waals surface area (Å²) in [5.41, 5.74) is 5.32. The second kappa shape index (κ2) is 8.69. The minimum absolute atomic E-state index is 0.0853. The molecule has 196 valence electrons. The van der Waals surface area contributed by atoms with Gasteiger partial charge in [0.25, 0.3) is 0 Å². The number of rotatable bonds is 4. The van der Waals surface area contributed by atoms with Crippen molar-refractivity contribution in [1.29, 1.82) is 0 Å². The van der Waals surface area contributed by atoms with Crippen LogP contribution in [0.4, 0.5) is 29.6 Å². The second-order valence-electron chi connectivity index (χ2n) is 8.98. The Bertz CT molecular complexity index is 1490. The van der Waals surface area contributed by atoms with Gasteiger partial charge in [-0.1, -0.05) is 0 Å². The Morgan fingerprint density at radius 2 is 1.95 bits per heavy atom. The van der Waals surface area contributed by atoms with E-state index in [2.05, 4.69) is 25.1 Å². The smallest absolute Gasteiger partial charge is 0.383 e. The van der Waals surface area contributed by atoms with Gasteiger partial charge < -0.3 is 10.6 Å². The summed E-state index contributed by atoms with van der Waals surface area (Å²) in [6.45, 7) is 1.28. The maximum Gasteiger partial charge on any atom is 0.419 e. The average molecular weight is 537 g/mol. The molecular formula is C22H23F3N8O3S. The number of halogens is 3. The van der Waals surface area contributed by atoms with Crippen LogP contribution in [0.25, 0.3) is 11.3 Å². The average Bonchev–Trinajstić information content (AvgIpc) is 3.56. The highest BCUT2D eigenvalue weighted by Gasteiger charge is 2.47. The van der Waals surface area contributed by atoms with E-state index in [9.17, 15) is 26.4 Å². The first kappa shape index (κ1) is 25.0. The van der Waals surface area contributed by atoms with Crippen molar-refractivity contribution >= 4 is 27.7 Å². The van der Waals surface area contributed by atoms with Crippen LogP contribution in [-0.2, 0) is 28.2 Å². The molecule has 3 aromatic heterocycles. The summed E-state index contributed by atoms with van der Waals surface area (Å²) in [6.07, 6.45) is -0.689. The van der Waals surface area contributed by atoms with Gasteiger partial charge in [-0.05, 0) is 44.2 Å². The van der Waals surface area contributed by atoms with Crippen LogP contribution in [0.5, 0.6) is 0 Å². The third kappa shape index (κ3) is 4.37. The molecule has 0 radical (unpaired) electrons. The number of urea groups is 1. The molecule has 1 saturated heterocycles. The van der Waals surface area contributed by atoms with Crippen LogP contribution in [0.15, 0.2) is 41.6 Å². The van der Waals surface area contributed by atoms with Gasteiger partial charge >= 0.3 is 12.2 Å². The number of hydrogen-bond donors (Lipinski definition) is 3. The lowest BCUT2D eigenvalue weighted by Gasteiger charge is -2.23. The van der Waals surface area contributed by atoms with Gasteiger partial charge in [-0.3, -0.25) is 10.00 Å². The van der Waals surface area contributed by atoms with Crippen molar-refractivity contribution < 1.29 is 26.4 Å². The van der Waals surface area contributed by atoms with Crippen LogP contribution >= 0.6 is 0 Å². The molecule has 11 nitrogen and oxygen atoms in total. The predicted octanol–water partition coefficient (Wildman–Crippen LogP) is 2.43. The van der Waals surface area contributed by atoms with Crippen LogP contribution < -0.4 is 15.8 Å². The van der Waals surface area contributed by atoms with Crippen molar-refractivity contribution in [2.24, 2.45) is 0 Å². The number of nitrogens with one attached hydrogen (secondary N) is 2. The van der Waals surface area contributed by atoms with Gasteiger partial charge in [0.1, 0.15) is 10.7 Å². The number of hydrogen-bond acceptors (Lipinski definition) is 7. The Kier molecular flexibility index (Phi) is 5.86. The number of pyridine rings is 2. The zero-order chi connectivity index (χ0) is 26.6.